The van der Waals surface area contributed by atoms with Crippen molar-refractivity contribution < 1.29 is 0 Å². The summed E-state index contributed by atoms with van der Waals surface area (Å²) in [6.45, 7) is 9.73. The normalized spacial score (nSPS) is 12.1. The molecule has 0 aromatic carbocycles. The first-order valence-electron chi connectivity index (χ1n) is 6.38. The molecule has 0 aliphatic carbocycles. The second kappa shape index (κ2) is 6.08. The van der Waals surface area contributed by atoms with E-state index in [4.69, 9.17) is 4.98 Å². The zero-order chi connectivity index (χ0) is 13.1. The summed E-state index contributed by atoms with van der Waals surface area (Å²) >= 11 is 3.57. The van der Waals surface area contributed by atoms with Gasteiger partial charge in [0.25, 0.3) is 0 Å². The first kappa shape index (κ1) is 13.9. The zero-order valence-corrected chi connectivity index (χ0v) is 13.1. The van der Waals surface area contributed by atoms with Crippen LogP contribution in [-0.4, -0.2) is 21.2 Å². The van der Waals surface area contributed by atoms with Gasteiger partial charge in [-0.1, -0.05) is 27.7 Å². The first-order valence-corrected chi connectivity index (χ1v) is 8.25. The summed E-state index contributed by atoms with van der Waals surface area (Å²) < 4.78 is 2.21. The van der Waals surface area contributed by atoms with Gasteiger partial charge in [0, 0.05) is 29.9 Å². The molecule has 1 N–H and O–H groups in total. The molecule has 100 valence electrons. The van der Waals surface area contributed by atoms with E-state index in [-0.39, 0.29) is 0 Å². The Hall–Kier alpha value is -0.520. The number of hydrogen-bond donors (Lipinski definition) is 1. The van der Waals surface area contributed by atoms with Crippen LogP contribution < -0.4 is 5.32 Å². The standard InChI is InChI=1S/C13H21N3S2/c1-9(2)8-18-12-11(7-14-10(3)4)16-5-6-17-13(16)15-12/h5-6,9-10,14H,7-8H2,1-4H3. The molecule has 0 aliphatic heterocycles. The van der Waals surface area contributed by atoms with Crippen LogP contribution in [0.2, 0.25) is 0 Å². The molecular formula is C13H21N3S2. The van der Waals surface area contributed by atoms with Crippen molar-refractivity contribution >= 4 is 28.1 Å². The third kappa shape index (κ3) is 3.28. The number of nitrogens with zero attached hydrogens (tertiary/aromatic N) is 2. The summed E-state index contributed by atoms with van der Waals surface area (Å²) in [5.41, 5.74) is 1.30. The number of aromatic nitrogens is 2. The van der Waals surface area contributed by atoms with Crippen molar-refractivity contribution in [2.75, 3.05) is 5.75 Å². The van der Waals surface area contributed by atoms with E-state index in [0.717, 1.165) is 17.3 Å². The predicted octanol–water partition coefficient (Wildman–Crippen LogP) is 3.64. The van der Waals surface area contributed by atoms with Gasteiger partial charge in [0.15, 0.2) is 4.96 Å². The number of nitrogens with one attached hydrogen (secondary N) is 1. The quantitative estimate of drug-likeness (QED) is 0.821. The topological polar surface area (TPSA) is 29.3 Å². The summed E-state index contributed by atoms with van der Waals surface area (Å²) in [5, 5.41) is 6.77. The lowest BCUT2D eigenvalue weighted by molar-refractivity contribution is 0.574. The number of imidazole rings is 1. The van der Waals surface area contributed by atoms with E-state index >= 15 is 0 Å². The Bertz CT molecular complexity index is 499. The number of hydrogen-bond acceptors (Lipinski definition) is 4. The van der Waals surface area contributed by atoms with Crippen molar-refractivity contribution in [2.24, 2.45) is 5.92 Å². The van der Waals surface area contributed by atoms with Gasteiger partial charge in [0.2, 0.25) is 0 Å². The molecule has 18 heavy (non-hydrogen) atoms. The third-order valence-corrected chi connectivity index (χ3v) is 4.75. The minimum atomic E-state index is 0.497. The SMILES string of the molecule is CC(C)CSc1nc2sccn2c1CNC(C)C. The average molecular weight is 283 g/mol. The Labute approximate surface area is 117 Å². The molecule has 0 unspecified atom stereocenters. The molecule has 0 spiro atoms. The molecule has 0 radical (unpaired) electrons. The second-order valence-corrected chi connectivity index (χ2v) is 7.04. The van der Waals surface area contributed by atoms with Crippen LogP contribution in [0.5, 0.6) is 0 Å². The predicted molar refractivity (Wildman–Crippen MR) is 80.6 cm³/mol. The van der Waals surface area contributed by atoms with Crippen molar-refractivity contribution in [3.05, 3.63) is 17.3 Å². The van der Waals surface area contributed by atoms with Gasteiger partial charge in [-0.25, -0.2) is 4.98 Å². The van der Waals surface area contributed by atoms with E-state index in [2.05, 4.69) is 49.0 Å². The van der Waals surface area contributed by atoms with E-state index in [1.807, 2.05) is 11.8 Å². The Morgan fingerprint density at radius 2 is 2.17 bits per heavy atom. The third-order valence-electron chi connectivity index (χ3n) is 2.56. The van der Waals surface area contributed by atoms with Gasteiger partial charge in [-0.15, -0.1) is 23.1 Å². The van der Waals surface area contributed by atoms with Crippen molar-refractivity contribution in [1.29, 1.82) is 0 Å². The maximum absolute atomic E-state index is 4.73. The maximum Gasteiger partial charge on any atom is 0.194 e. The molecule has 0 fully saturated rings. The monoisotopic (exact) mass is 283 g/mol. The number of thiazole rings is 1. The second-order valence-electron chi connectivity index (χ2n) is 5.16. The Morgan fingerprint density at radius 3 is 2.83 bits per heavy atom. The molecular weight excluding hydrogens is 262 g/mol. The van der Waals surface area contributed by atoms with E-state index in [0.29, 0.717) is 12.0 Å². The van der Waals surface area contributed by atoms with Gasteiger partial charge in [0.1, 0.15) is 5.03 Å². The molecule has 2 aromatic heterocycles. The average Bonchev–Trinajstić information content (AvgIpc) is 2.83. The van der Waals surface area contributed by atoms with Crippen molar-refractivity contribution in [1.82, 2.24) is 14.7 Å². The minimum Gasteiger partial charge on any atom is -0.309 e. The van der Waals surface area contributed by atoms with Gasteiger partial charge >= 0.3 is 0 Å². The summed E-state index contributed by atoms with van der Waals surface area (Å²) in [7, 11) is 0. The van der Waals surface area contributed by atoms with Crippen LogP contribution in [0.15, 0.2) is 16.6 Å². The minimum absolute atomic E-state index is 0.497. The lowest BCUT2D eigenvalue weighted by Crippen LogP contribution is -2.22. The van der Waals surface area contributed by atoms with Gasteiger partial charge in [-0.2, -0.15) is 0 Å². The molecule has 0 amide bonds. The van der Waals surface area contributed by atoms with Crippen LogP contribution in [0.25, 0.3) is 4.96 Å². The van der Waals surface area contributed by atoms with Crippen molar-refractivity contribution in [3.63, 3.8) is 0 Å². The van der Waals surface area contributed by atoms with Crippen LogP contribution in [0.3, 0.4) is 0 Å². The highest BCUT2D eigenvalue weighted by molar-refractivity contribution is 7.99. The van der Waals surface area contributed by atoms with Gasteiger partial charge in [-0.05, 0) is 5.92 Å². The highest BCUT2D eigenvalue weighted by Crippen LogP contribution is 2.27. The molecule has 0 saturated carbocycles. The molecule has 0 atom stereocenters. The molecule has 0 aliphatic rings. The number of fused-ring (bicyclic) bond motifs is 1. The fraction of sp³-hybridized carbons (Fsp3) is 0.615. The number of rotatable bonds is 6. The van der Waals surface area contributed by atoms with Crippen molar-refractivity contribution in [3.8, 4) is 0 Å². The Morgan fingerprint density at radius 1 is 1.39 bits per heavy atom. The van der Waals surface area contributed by atoms with Crippen molar-refractivity contribution in [2.45, 2.75) is 45.3 Å². The molecule has 0 bridgehead atoms. The highest BCUT2D eigenvalue weighted by atomic mass is 32.2. The van der Waals surface area contributed by atoms with Crippen LogP contribution in [-0.2, 0) is 6.54 Å². The first-order chi connectivity index (χ1) is 8.58. The van der Waals surface area contributed by atoms with E-state index in [9.17, 15) is 0 Å². The lowest BCUT2D eigenvalue weighted by atomic mass is 10.3. The van der Waals surface area contributed by atoms with Gasteiger partial charge in [0.05, 0.1) is 5.69 Å². The van der Waals surface area contributed by atoms with E-state index in [1.165, 1.54) is 10.7 Å². The lowest BCUT2D eigenvalue weighted by Gasteiger charge is -2.09. The zero-order valence-electron chi connectivity index (χ0n) is 11.4. The Kier molecular flexibility index (Phi) is 4.70. The molecule has 2 aromatic rings. The number of thioether (sulfide) groups is 1. The molecule has 2 rings (SSSR count). The van der Waals surface area contributed by atoms with Crippen LogP contribution in [0, 0.1) is 5.92 Å². The summed E-state index contributed by atoms with van der Waals surface area (Å²) in [6.07, 6.45) is 2.11. The van der Waals surface area contributed by atoms with Gasteiger partial charge in [-0.3, -0.25) is 4.40 Å². The summed E-state index contributed by atoms with van der Waals surface area (Å²) in [4.78, 5) is 5.83. The molecule has 0 saturated heterocycles. The molecule has 2 heterocycles. The van der Waals surface area contributed by atoms with E-state index < -0.39 is 0 Å². The summed E-state index contributed by atoms with van der Waals surface area (Å²) in [6, 6.07) is 0.497. The van der Waals surface area contributed by atoms with Crippen LogP contribution in [0.1, 0.15) is 33.4 Å². The van der Waals surface area contributed by atoms with Crippen LogP contribution in [0.4, 0.5) is 0 Å². The van der Waals surface area contributed by atoms with Crippen LogP contribution >= 0.6 is 23.1 Å². The fourth-order valence-corrected chi connectivity index (χ4v) is 3.41. The van der Waals surface area contributed by atoms with Gasteiger partial charge < -0.3 is 5.32 Å². The highest BCUT2D eigenvalue weighted by Gasteiger charge is 2.14. The smallest absolute Gasteiger partial charge is 0.194 e. The van der Waals surface area contributed by atoms with E-state index in [1.54, 1.807) is 11.3 Å². The fourth-order valence-electron chi connectivity index (χ4n) is 1.64. The molecule has 3 nitrogen and oxygen atoms in total. The molecule has 5 heteroatoms. The summed E-state index contributed by atoms with van der Waals surface area (Å²) in [5.74, 6) is 1.82. The maximum atomic E-state index is 4.73. The Balaban J connectivity index is 2.20. The largest absolute Gasteiger partial charge is 0.309 e.